The van der Waals surface area contributed by atoms with E-state index >= 15 is 0 Å². The highest BCUT2D eigenvalue weighted by molar-refractivity contribution is 5.22. The van der Waals surface area contributed by atoms with Gasteiger partial charge in [-0.25, -0.2) is 8.78 Å². The fourth-order valence-electron chi connectivity index (χ4n) is 2.26. The highest BCUT2D eigenvalue weighted by atomic mass is 19.1. The molecule has 21 heavy (non-hydrogen) atoms. The molecular weight excluding hydrogens is 272 g/mol. The van der Waals surface area contributed by atoms with Gasteiger partial charge in [0.1, 0.15) is 11.6 Å². The molecule has 1 atom stereocenters. The van der Waals surface area contributed by atoms with E-state index in [-0.39, 0.29) is 0 Å². The second kappa shape index (κ2) is 6.74. The van der Waals surface area contributed by atoms with E-state index < -0.39 is 17.7 Å². The number of benzene rings is 1. The number of aromatic nitrogens is 1. The zero-order valence-corrected chi connectivity index (χ0v) is 12.2. The smallest absolute Gasteiger partial charge is 0.130 e. The van der Waals surface area contributed by atoms with Gasteiger partial charge in [-0.05, 0) is 32.2 Å². The van der Waals surface area contributed by atoms with Gasteiger partial charge in [0.05, 0.1) is 5.69 Å². The van der Waals surface area contributed by atoms with Gasteiger partial charge in [-0.3, -0.25) is 9.88 Å². The quantitative estimate of drug-likeness (QED) is 0.921. The lowest BCUT2D eigenvalue weighted by Crippen LogP contribution is -2.29. The van der Waals surface area contributed by atoms with Gasteiger partial charge in [0, 0.05) is 36.5 Å². The molecule has 0 amide bonds. The van der Waals surface area contributed by atoms with Crippen molar-refractivity contribution in [3.05, 3.63) is 65.0 Å². The van der Waals surface area contributed by atoms with Crippen LogP contribution in [0.2, 0.25) is 0 Å². The molecule has 2 rings (SSSR count). The van der Waals surface area contributed by atoms with Gasteiger partial charge in [0.15, 0.2) is 0 Å². The number of hydrogen-bond acceptors (Lipinski definition) is 3. The molecule has 0 aliphatic heterocycles. The monoisotopic (exact) mass is 291 g/mol. The summed E-state index contributed by atoms with van der Waals surface area (Å²) in [5, 5.41) is 0. The number of halogens is 2. The summed E-state index contributed by atoms with van der Waals surface area (Å²) in [6, 6.07) is 8.79. The van der Waals surface area contributed by atoms with Crippen molar-refractivity contribution in [1.82, 2.24) is 9.88 Å². The second-order valence-electron chi connectivity index (χ2n) is 5.24. The maximum Gasteiger partial charge on any atom is 0.130 e. The van der Waals surface area contributed by atoms with E-state index in [0.29, 0.717) is 18.7 Å². The minimum Gasteiger partial charge on any atom is -0.323 e. The van der Waals surface area contributed by atoms with Crippen LogP contribution in [0.25, 0.3) is 0 Å². The minimum atomic E-state index is -0.607. The van der Waals surface area contributed by atoms with Crippen LogP contribution in [0.1, 0.15) is 23.0 Å². The topological polar surface area (TPSA) is 42.1 Å². The molecule has 0 saturated heterocycles. The first-order valence-corrected chi connectivity index (χ1v) is 6.77. The van der Waals surface area contributed by atoms with Crippen LogP contribution in [0.4, 0.5) is 8.78 Å². The van der Waals surface area contributed by atoms with Crippen LogP contribution in [0.15, 0.2) is 36.4 Å². The number of hydrogen-bond donors (Lipinski definition) is 1. The van der Waals surface area contributed by atoms with Crippen molar-refractivity contribution in [2.24, 2.45) is 5.73 Å². The third-order valence-electron chi connectivity index (χ3n) is 3.25. The Hall–Kier alpha value is -1.85. The largest absolute Gasteiger partial charge is 0.323 e. The zero-order valence-electron chi connectivity index (χ0n) is 12.2. The lowest BCUT2D eigenvalue weighted by Gasteiger charge is -2.21. The third kappa shape index (κ3) is 4.31. The summed E-state index contributed by atoms with van der Waals surface area (Å²) in [4.78, 5) is 6.38. The third-order valence-corrected chi connectivity index (χ3v) is 3.25. The maximum atomic E-state index is 13.7. The molecule has 0 aliphatic carbocycles. The van der Waals surface area contributed by atoms with Gasteiger partial charge in [0.2, 0.25) is 0 Å². The number of rotatable bonds is 5. The SMILES string of the molecule is Cc1cccc(CN(C)CC(N)c2ccc(F)cc2F)n1. The van der Waals surface area contributed by atoms with Gasteiger partial charge in [-0.15, -0.1) is 0 Å². The summed E-state index contributed by atoms with van der Waals surface area (Å²) < 4.78 is 26.6. The first kappa shape index (κ1) is 15.5. The Morgan fingerprint density at radius 1 is 1.24 bits per heavy atom. The molecule has 1 aromatic heterocycles. The average molecular weight is 291 g/mol. The van der Waals surface area contributed by atoms with Crippen LogP contribution in [0.5, 0.6) is 0 Å². The van der Waals surface area contributed by atoms with Crippen molar-refractivity contribution < 1.29 is 8.78 Å². The van der Waals surface area contributed by atoms with E-state index in [4.69, 9.17) is 5.73 Å². The Morgan fingerprint density at radius 2 is 2.00 bits per heavy atom. The fourth-order valence-corrected chi connectivity index (χ4v) is 2.26. The highest BCUT2D eigenvalue weighted by Crippen LogP contribution is 2.17. The predicted octanol–water partition coefficient (Wildman–Crippen LogP) is 2.80. The molecule has 2 aromatic rings. The van der Waals surface area contributed by atoms with Crippen LogP contribution in [-0.2, 0) is 6.54 Å². The Kier molecular flexibility index (Phi) is 4.98. The predicted molar refractivity (Wildman–Crippen MR) is 78.6 cm³/mol. The summed E-state index contributed by atoms with van der Waals surface area (Å²) in [5.74, 6) is -1.20. The summed E-state index contributed by atoms with van der Waals surface area (Å²) in [5.41, 5.74) is 8.21. The van der Waals surface area contributed by atoms with Crippen LogP contribution >= 0.6 is 0 Å². The number of pyridine rings is 1. The Bertz CT molecular complexity index is 616. The van der Waals surface area contributed by atoms with Gasteiger partial charge in [-0.1, -0.05) is 12.1 Å². The van der Waals surface area contributed by atoms with Crippen molar-refractivity contribution in [3.63, 3.8) is 0 Å². The number of nitrogens with two attached hydrogens (primary N) is 1. The van der Waals surface area contributed by atoms with Crippen LogP contribution in [0, 0.1) is 18.6 Å². The van der Waals surface area contributed by atoms with Crippen LogP contribution in [-0.4, -0.2) is 23.5 Å². The lowest BCUT2D eigenvalue weighted by atomic mass is 10.1. The van der Waals surface area contributed by atoms with Gasteiger partial charge >= 0.3 is 0 Å². The molecule has 0 aliphatic rings. The first-order valence-electron chi connectivity index (χ1n) is 6.77. The van der Waals surface area contributed by atoms with Crippen molar-refractivity contribution >= 4 is 0 Å². The van der Waals surface area contributed by atoms with E-state index in [1.807, 2.05) is 37.1 Å². The Balaban J connectivity index is 2.00. The van der Waals surface area contributed by atoms with Gasteiger partial charge in [0.25, 0.3) is 0 Å². The standard InChI is InChI=1S/C16H19F2N3/c1-11-4-3-5-13(20-11)9-21(2)10-16(19)14-7-6-12(17)8-15(14)18/h3-8,16H,9-10,19H2,1-2H3. The molecule has 0 fully saturated rings. The summed E-state index contributed by atoms with van der Waals surface area (Å²) in [6.07, 6.45) is 0. The second-order valence-corrected chi connectivity index (χ2v) is 5.24. The lowest BCUT2D eigenvalue weighted by molar-refractivity contribution is 0.299. The van der Waals surface area contributed by atoms with Crippen molar-refractivity contribution in [1.29, 1.82) is 0 Å². The zero-order chi connectivity index (χ0) is 15.4. The Labute approximate surface area is 123 Å². The highest BCUT2D eigenvalue weighted by Gasteiger charge is 2.14. The fraction of sp³-hybridized carbons (Fsp3) is 0.312. The molecule has 1 unspecified atom stereocenters. The molecule has 0 saturated carbocycles. The molecule has 1 heterocycles. The van der Waals surface area contributed by atoms with Crippen molar-refractivity contribution in [3.8, 4) is 0 Å². The van der Waals surface area contributed by atoms with E-state index in [0.717, 1.165) is 17.5 Å². The molecule has 2 N–H and O–H groups in total. The maximum absolute atomic E-state index is 13.7. The molecule has 0 spiro atoms. The molecule has 3 nitrogen and oxygen atoms in total. The summed E-state index contributed by atoms with van der Waals surface area (Å²) in [6.45, 7) is 3.01. The van der Waals surface area contributed by atoms with Crippen molar-refractivity contribution in [2.75, 3.05) is 13.6 Å². The molecule has 5 heteroatoms. The molecule has 0 radical (unpaired) electrons. The number of aryl methyl sites for hydroxylation is 1. The Morgan fingerprint density at radius 3 is 2.67 bits per heavy atom. The van der Waals surface area contributed by atoms with E-state index in [1.165, 1.54) is 12.1 Å². The van der Waals surface area contributed by atoms with E-state index in [1.54, 1.807) is 0 Å². The minimum absolute atomic E-state index is 0.320. The number of nitrogens with zero attached hydrogens (tertiary/aromatic N) is 2. The number of likely N-dealkylation sites (N-methyl/N-ethyl adjacent to an activating group) is 1. The molecular formula is C16H19F2N3. The van der Waals surface area contributed by atoms with E-state index in [2.05, 4.69) is 4.98 Å². The van der Waals surface area contributed by atoms with Crippen LogP contribution < -0.4 is 5.73 Å². The summed E-state index contributed by atoms with van der Waals surface area (Å²) >= 11 is 0. The van der Waals surface area contributed by atoms with E-state index in [9.17, 15) is 8.78 Å². The summed E-state index contributed by atoms with van der Waals surface area (Å²) in [7, 11) is 1.89. The molecule has 1 aromatic carbocycles. The first-order chi connectivity index (χ1) is 9.95. The normalized spacial score (nSPS) is 12.7. The van der Waals surface area contributed by atoms with Crippen molar-refractivity contribution in [2.45, 2.75) is 19.5 Å². The van der Waals surface area contributed by atoms with Gasteiger partial charge < -0.3 is 5.73 Å². The van der Waals surface area contributed by atoms with Crippen LogP contribution in [0.3, 0.4) is 0 Å². The van der Waals surface area contributed by atoms with Gasteiger partial charge in [-0.2, -0.15) is 0 Å². The molecule has 112 valence electrons. The molecule has 0 bridgehead atoms. The average Bonchev–Trinajstić information content (AvgIpc) is 2.38.